The van der Waals surface area contributed by atoms with Crippen molar-refractivity contribution in [3.63, 3.8) is 0 Å². The van der Waals surface area contributed by atoms with Crippen molar-refractivity contribution in [2.24, 2.45) is 0 Å². The van der Waals surface area contributed by atoms with Crippen LogP contribution in [0.4, 0.5) is 0 Å². The fourth-order valence-electron chi connectivity index (χ4n) is 2.90. The minimum Gasteiger partial charge on any atom is -0.379 e. The zero-order valence-electron chi connectivity index (χ0n) is 13.4. The van der Waals surface area contributed by atoms with Crippen LogP contribution in [-0.4, -0.2) is 75.5 Å². The second-order valence-electron chi connectivity index (χ2n) is 5.66. The van der Waals surface area contributed by atoms with Gasteiger partial charge in [0.15, 0.2) is 0 Å². The first-order chi connectivity index (χ1) is 9.68. The van der Waals surface area contributed by atoms with Gasteiger partial charge < -0.3 is 20.1 Å². The molecule has 0 saturated carbocycles. The fourth-order valence-corrected chi connectivity index (χ4v) is 2.90. The van der Waals surface area contributed by atoms with E-state index in [1.165, 1.54) is 0 Å². The molecule has 1 atom stereocenters. The molecule has 2 aliphatic heterocycles. The van der Waals surface area contributed by atoms with E-state index >= 15 is 0 Å². The third kappa shape index (κ3) is 5.51. The van der Waals surface area contributed by atoms with Gasteiger partial charge in [-0.05, 0) is 32.9 Å². The summed E-state index contributed by atoms with van der Waals surface area (Å²) in [5.41, 5.74) is -0.643. The van der Waals surface area contributed by atoms with Crippen LogP contribution < -0.4 is 10.6 Å². The van der Waals surface area contributed by atoms with Crippen molar-refractivity contribution in [1.82, 2.24) is 15.5 Å². The van der Waals surface area contributed by atoms with Gasteiger partial charge in [-0.3, -0.25) is 9.69 Å². The van der Waals surface area contributed by atoms with Crippen molar-refractivity contribution >= 4 is 30.7 Å². The maximum atomic E-state index is 12.4. The normalized spacial score (nSPS) is 22.8. The van der Waals surface area contributed by atoms with Crippen LogP contribution in [0.3, 0.4) is 0 Å². The van der Waals surface area contributed by atoms with E-state index in [0.717, 1.165) is 52.2 Å². The summed E-state index contributed by atoms with van der Waals surface area (Å²) in [6, 6.07) is 0.332. The lowest BCUT2D eigenvalue weighted by molar-refractivity contribution is -0.147. The van der Waals surface area contributed by atoms with E-state index in [1.54, 1.807) is 7.11 Å². The second-order valence-corrected chi connectivity index (χ2v) is 5.66. The Morgan fingerprint density at radius 2 is 1.91 bits per heavy atom. The number of nitrogens with zero attached hydrogens (tertiary/aromatic N) is 1. The summed E-state index contributed by atoms with van der Waals surface area (Å²) in [5, 5.41) is 6.33. The highest BCUT2D eigenvalue weighted by Gasteiger charge is 2.39. The van der Waals surface area contributed by atoms with Gasteiger partial charge in [0.25, 0.3) is 5.91 Å². The van der Waals surface area contributed by atoms with Crippen LogP contribution in [0.2, 0.25) is 0 Å². The average Bonchev–Trinajstić information content (AvgIpc) is 2.53. The van der Waals surface area contributed by atoms with Crippen molar-refractivity contribution in [3.05, 3.63) is 0 Å². The molecule has 0 aromatic heterocycles. The number of ether oxygens (including phenoxy) is 2. The molecule has 2 rings (SSSR count). The molecule has 0 spiro atoms. The van der Waals surface area contributed by atoms with E-state index in [0.29, 0.717) is 12.6 Å². The zero-order chi connectivity index (χ0) is 14.4. The minimum atomic E-state index is -0.643. The largest absolute Gasteiger partial charge is 0.379 e. The molecule has 2 heterocycles. The maximum Gasteiger partial charge on any atom is 0.252 e. The Hall–Kier alpha value is -0.110. The number of carbonyl (C=O) groups is 1. The lowest BCUT2D eigenvalue weighted by Crippen LogP contribution is -2.56. The Morgan fingerprint density at radius 1 is 1.32 bits per heavy atom. The van der Waals surface area contributed by atoms with E-state index in [4.69, 9.17) is 9.47 Å². The SMILES string of the molecule is COC1(C(=O)NCC(C)N2CCOCC2)CCNCC1.Cl.Cl. The van der Waals surface area contributed by atoms with E-state index in [1.807, 2.05) is 0 Å². The lowest BCUT2D eigenvalue weighted by atomic mass is 9.91. The second kappa shape index (κ2) is 10.6. The molecule has 22 heavy (non-hydrogen) atoms. The van der Waals surface area contributed by atoms with E-state index in [2.05, 4.69) is 22.5 Å². The quantitative estimate of drug-likeness (QED) is 0.747. The summed E-state index contributed by atoms with van der Waals surface area (Å²) in [6.07, 6.45) is 1.47. The number of nitrogens with one attached hydrogen (secondary N) is 2. The molecule has 1 unspecified atom stereocenters. The minimum absolute atomic E-state index is 0. The Kier molecular flexibility index (Phi) is 10.6. The Labute approximate surface area is 145 Å². The Balaban J connectivity index is 0.00000220. The van der Waals surface area contributed by atoms with Crippen LogP contribution in [0.1, 0.15) is 19.8 Å². The molecule has 0 radical (unpaired) electrons. The maximum absolute atomic E-state index is 12.4. The average molecular weight is 358 g/mol. The van der Waals surface area contributed by atoms with Crippen molar-refractivity contribution in [2.45, 2.75) is 31.4 Å². The Bertz CT molecular complexity index is 322. The van der Waals surface area contributed by atoms with Gasteiger partial charge in [-0.1, -0.05) is 0 Å². The van der Waals surface area contributed by atoms with Gasteiger partial charge in [0.1, 0.15) is 5.60 Å². The number of morpholine rings is 1. The summed E-state index contributed by atoms with van der Waals surface area (Å²) in [7, 11) is 1.64. The Morgan fingerprint density at radius 3 is 2.45 bits per heavy atom. The number of amides is 1. The standard InChI is InChI=1S/C14H27N3O3.2ClH/c1-12(17-7-9-20-10-8-17)11-16-13(18)14(19-2)3-5-15-6-4-14;;/h12,15H,3-11H2,1-2H3,(H,16,18);2*1H. The molecule has 2 fully saturated rings. The molecule has 0 aromatic rings. The van der Waals surface area contributed by atoms with Gasteiger partial charge in [0, 0.05) is 32.8 Å². The van der Waals surface area contributed by atoms with Crippen molar-refractivity contribution in [1.29, 1.82) is 0 Å². The molecular weight excluding hydrogens is 329 g/mol. The molecule has 0 aromatic carbocycles. The number of methoxy groups -OCH3 is 1. The smallest absolute Gasteiger partial charge is 0.252 e. The third-order valence-corrected chi connectivity index (χ3v) is 4.44. The van der Waals surface area contributed by atoms with Gasteiger partial charge in [-0.25, -0.2) is 0 Å². The number of halogens is 2. The van der Waals surface area contributed by atoms with Crippen molar-refractivity contribution in [2.75, 3.05) is 53.0 Å². The molecule has 8 heteroatoms. The molecule has 0 bridgehead atoms. The van der Waals surface area contributed by atoms with Gasteiger partial charge in [-0.15, -0.1) is 24.8 Å². The van der Waals surface area contributed by atoms with Gasteiger partial charge in [0.2, 0.25) is 0 Å². The van der Waals surface area contributed by atoms with Crippen LogP contribution in [0.15, 0.2) is 0 Å². The van der Waals surface area contributed by atoms with Gasteiger partial charge in [-0.2, -0.15) is 0 Å². The number of hydrogen-bond acceptors (Lipinski definition) is 5. The first kappa shape index (κ1) is 21.9. The van der Waals surface area contributed by atoms with Crippen LogP contribution in [0.25, 0.3) is 0 Å². The fraction of sp³-hybridized carbons (Fsp3) is 0.929. The summed E-state index contributed by atoms with van der Waals surface area (Å²) in [5.74, 6) is 0.0293. The monoisotopic (exact) mass is 357 g/mol. The number of carbonyl (C=O) groups excluding carboxylic acids is 1. The molecule has 132 valence electrons. The number of piperidine rings is 1. The van der Waals surface area contributed by atoms with Crippen LogP contribution in [-0.2, 0) is 14.3 Å². The summed E-state index contributed by atoms with van der Waals surface area (Å²) in [6.45, 7) is 7.93. The summed E-state index contributed by atoms with van der Waals surface area (Å²) >= 11 is 0. The predicted octanol–water partition coefficient (Wildman–Crippen LogP) is 0.435. The number of rotatable bonds is 5. The summed E-state index contributed by atoms with van der Waals surface area (Å²) < 4.78 is 10.9. The third-order valence-electron chi connectivity index (χ3n) is 4.44. The van der Waals surface area contributed by atoms with E-state index < -0.39 is 5.60 Å². The van der Waals surface area contributed by atoms with Gasteiger partial charge in [0.05, 0.1) is 13.2 Å². The molecular formula is C14H29Cl2N3O3. The zero-order valence-corrected chi connectivity index (χ0v) is 15.1. The van der Waals surface area contributed by atoms with Gasteiger partial charge >= 0.3 is 0 Å². The summed E-state index contributed by atoms with van der Waals surface area (Å²) in [4.78, 5) is 14.8. The van der Waals surface area contributed by atoms with Crippen LogP contribution in [0, 0.1) is 0 Å². The lowest BCUT2D eigenvalue weighted by Gasteiger charge is -2.36. The highest BCUT2D eigenvalue weighted by Crippen LogP contribution is 2.22. The number of hydrogen-bond donors (Lipinski definition) is 2. The topological polar surface area (TPSA) is 62.8 Å². The van der Waals surface area contributed by atoms with E-state index in [9.17, 15) is 4.79 Å². The van der Waals surface area contributed by atoms with Crippen molar-refractivity contribution < 1.29 is 14.3 Å². The molecule has 1 amide bonds. The molecule has 2 aliphatic rings. The van der Waals surface area contributed by atoms with E-state index in [-0.39, 0.29) is 30.7 Å². The first-order valence-corrected chi connectivity index (χ1v) is 7.54. The molecule has 0 aliphatic carbocycles. The molecule has 6 nitrogen and oxygen atoms in total. The highest BCUT2D eigenvalue weighted by molar-refractivity contribution is 5.86. The first-order valence-electron chi connectivity index (χ1n) is 7.54. The predicted molar refractivity (Wildman–Crippen MR) is 91.2 cm³/mol. The highest BCUT2D eigenvalue weighted by atomic mass is 35.5. The van der Waals surface area contributed by atoms with Crippen molar-refractivity contribution in [3.8, 4) is 0 Å². The molecule has 2 saturated heterocycles. The van der Waals surface area contributed by atoms with Crippen LogP contribution in [0.5, 0.6) is 0 Å². The molecule has 2 N–H and O–H groups in total. The van der Waals surface area contributed by atoms with Crippen LogP contribution >= 0.6 is 24.8 Å².